The minimum absolute atomic E-state index is 0.0912. The number of ether oxygens (including phenoxy) is 1. The molecule has 1 unspecified atom stereocenters. The number of hydrogen-bond donors (Lipinski definition) is 0. The molecule has 1 saturated heterocycles. The fraction of sp³-hybridized carbons (Fsp3) is 1.00. The summed E-state index contributed by atoms with van der Waals surface area (Å²) in [7, 11) is -1.46. The Kier molecular flexibility index (Phi) is 3.70. The lowest BCUT2D eigenvalue weighted by molar-refractivity contribution is 0.00866. The quantitative estimate of drug-likeness (QED) is 0.675. The molecule has 1 fully saturated rings. The molecule has 0 aromatic carbocycles. The fourth-order valence-corrected chi connectivity index (χ4v) is 1.81. The molecular formula is C8H17NO3S. The molecule has 1 atom stereocenters. The van der Waals surface area contributed by atoms with Crippen LogP contribution in [0.25, 0.3) is 0 Å². The Morgan fingerprint density at radius 1 is 1.46 bits per heavy atom. The van der Waals surface area contributed by atoms with Crippen molar-refractivity contribution in [3.8, 4) is 0 Å². The molecule has 0 radical (unpaired) electrons. The van der Waals surface area contributed by atoms with E-state index < -0.39 is 10.0 Å². The minimum Gasteiger partial charge on any atom is -0.377 e. The van der Waals surface area contributed by atoms with Crippen molar-refractivity contribution in [2.45, 2.75) is 25.4 Å². The highest BCUT2D eigenvalue weighted by atomic mass is 32.2. The number of nitrogens with zero attached hydrogens (tertiary/aromatic N) is 1. The van der Waals surface area contributed by atoms with Crippen LogP contribution in [0, 0.1) is 0 Å². The summed E-state index contributed by atoms with van der Waals surface area (Å²) in [6, 6.07) is 0. The first kappa shape index (κ1) is 10.9. The Morgan fingerprint density at radius 2 is 2.15 bits per heavy atom. The van der Waals surface area contributed by atoms with Crippen molar-refractivity contribution in [3.63, 3.8) is 0 Å². The van der Waals surface area contributed by atoms with E-state index in [1.807, 2.05) is 0 Å². The van der Waals surface area contributed by atoms with Crippen molar-refractivity contribution >= 4 is 10.0 Å². The van der Waals surface area contributed by atoms with Crippen molar-refractivity contribution in [1.82, 2.24) is 4.31 Å². The minimum atomic E-state index is -3.05. The van der Waals surface area contributed by atoms with Gasteiger partial charge >= 0.3 is 0 Å². The number of likely N-dealkylation sites (N-methyl/N-ethyl adjacent to an activating group) is 1. The van der Waals surface area contributed by atoms with Gasteiger partial charge in [-0.2, -0.15) is 0 Å². The van der Waals surface area contributed by atoms with Crippen LogP contribution in [0.3, 0.4) is 0 Å². The van der Waals surface area contributed by atoms with Gasteiger partial charge in [0.15, 0.2) is 0 Å². The van der Waals surface area contributed by atoms with E-state index in [9.17, 15) is 8.42 Å². The van der Waals surface area contributed by atoms with Gasteiger partial charge < -0.3 is 4.74 Å². The van der Waals surface area contributed by atoms with Crippen molar-refractivity contribution in [1.29, 1.82) is 0 Å². The van der Waals surface area contributed by atoms with Gasteiger partial charge in [0.05, 0.1) is 12.4 Å². The van der Waals surface area contributed by atoms with Crippen molar-refractivity contribution in [3.05, 3.63) is 0 Å². The van der Waals surface area contributed by atoms with Gasteiger partial charge in [-0.3, -0.25) is 0 Å². The summed E-state index contributed by atoms with van der Waals surface area (Å²) in [4.78, 5) is 0. The molecule has 78 valence electrons. The third kappa shape index (κ3) is 3.62. The number of rotatable bonds is 3. The van der Waals surface area contributed by atoms with Gasteiger partial charge in [0.1, 0.15) is 0 Å². The Bertz CT molecular complexity index is 244. The predicted octanol–water partition coefficient (Wildman–Crippen LogP) is 0.447. The average Bonchev–Trinajstić information content (AvgIpc) is 2.04. The van der Waals surface area contributed by atoms with Gasteiger partial charge in [0.2, 0.25) is 10.0 Å². The maximum atomic E-state index is 11.1. The van der Waals surface area contributed by atoms with E-state index in [-0.39, 0.29) is 6.10 Å². The summed E-state index contributed by atoms with van der Waals surface area (Å²) in [6.07, 6.45) is 4.52. The smallest absolute Gasteiger partial charge is 0.211 e. The highest BCUT2D eigenvalue weighted by molar-refractivity contribution is 7.88. The molecule has 1 heterocycles. The lowest BCUT2D eigenvalue weighted by Gasteiger charge is -2.26. The molecule has 4 nitrogen and oxygen atoms in total. The van der Waals surface area contributed by atoms with E-state index in [4.69, 9.17) is 4.74 Å². The molecule has 1 aliphatic heterocycles. The Labute approximate surface area is 79.9 Å². The number of hydrogen-bond acceptors (Lipinski definition) is 3. The largest absolute Gasteiger partial charge is 0.377 e. The van der Waals surface area contributed by atoms with Crippen LogP contribution in [-0.2, 0) is 14.8 Å². The summed E-state index contributed by atoms with van der Waals surface area (Å²) >= 11 is 0. The fourth-order valence-electron chi connectivity index (χ4n) is 1.37. The van der Waals surface area contributed by atoms with Crippen LogP contribution in [0.2, 0.25) is 0 Å². The zero-order chi connectivity index (χ0) is 9.90. The predicted molar refractivity (Wildman–Crippen MR) is 51.1 cm³/mol. The van der Waals surface area contributed by atoms with E-state index in [2.05, 4.69) is 0 Å². The van der Waals surface area contributed by atoms with Gasteiger partial charge in [0, 0.05) is 20.2 Å². The molecular weight excluding hydrogens is 190 g/mol. The molecule has 13 heavy (non-hydrogen) atoms. The maximum Gasteiger partial charge on any atom is 0.211 e. The summed E-state index contributed by atoms with van der Waals surface area (Å²) < 4.78 is 28.9. The second-order valence-corrected chi connectivity index (χ2v) is 5.62. The van der Waals surface area contributed by atoms with Crippen LogP contribution < -0.4 is 0 Å². The topological polar surface area (TPSA) is 46.6 Å². The Balaban J connectivity index is 2.39. The van der Waals surface area contributed by atoms with Crippen molar-refractivity contribution < 1.29 is 13.2 Å². The molecule has 0 spiro atoms. The van der Waals surface area contributed by atoms with Gasteiger partial charge in [-0.05, 0) is 19.3 Å². The Morgan fingerprint density at radius 3 is 2.62 bits per heavy atom. The summed E-state index contributed by atoms with van der Waals surface area (Å²) in [5, 5.41) is 0. The van der Waals surface area contributed by atoms with Gasteiger partial charge in [-0.1, -0.05) is 0 Å². The normalized spacial score (nSPS) is 25.0. The zero-order valence-corrected chi connectivity index (χ0v) is 9.01. The second-order valence-electron chi connectivity index (χ2n) is 3.53. The van der Waals surface area contributed by atoms with E-state index >= 15 is 0 Å². The lowest BCUT2D eigenvalue weighted by atomic mass is 10.1. The second kappa shape index (κ2) is 4.39. The van der Waals surface area contributed by atoms with Gasteiger partial charge in [-0.15, -0.1) is 0 Å². The van der Waals surface area contributed by atoms with Crippen LogP contribution in [0.1, 0.15) is 19.3 Å². The molecule has 0 saturated carbocycles. The summed E-state index contributed by atoms with van der Waals surface area (Å²) in [5.74, 6) is 0. The molecule has 0 amide bonds. The van der Waals surface area contributed by atoms with Crippen molar-refractivity contribution in [2.24, 2.45) is 0 Å². The molecule has 0 bridgehead atoms. The molecule has 1 aliphatic rings. The van der Waals surface area contributed by atoms with Crippen LogP contribution in [0.15, 0.2) is 0 Å². The Hall–Kier alpha value is -0.130. The first-order chi connectivity index (χ1) is 6.00. The molecule has 0 N–H and O–H groups in total. The molecule has 5 heteroatoms. The molecule has 1 rings (SSSR count). The lowest BCUT2D eigenvalue weighted by Crippen LogP contribution is -2.36. The highest BCUT2D eigenvalue weighted by Gasteiger charge is 2.19. The van der Waals surface area contributed by atoms with Crippen LogP contribution in [0.4, 0.5) is 0 Å². The molecule has 0 aliphatic carbocycles. The molecule has 0 aromatic rings. The van der Waals surface area contributed by atoms with E-state index in [0.29, 0.717) is 6.54 Å². The number of sulfonamides is 1. The third-order valence-corrected chi connectivity index (χ3v) is 3.58. The van der Waals surface area contributed by atoms with Gasteiger partial charge in [-0.25, -0.2) is 12.7 Å². The average molecular weight is 207 g/mol. The standard InChI is InChI=1S/C8H17NO3S/c1-9(13(2,10)11)7-8-5-3-4-6-12-8/h8H,3-7H2,1-2H3. The SMILES string of the molecule is CN(CC1CCCCO1)S(C)(=O)=O. The summed E-state index contributed by atoms with van der Waals surface area (Å²) in [5.41, 5.74) is 0. The maximum absolute atomic E-state index is 11.1. The van der Waals surface area contributed by atoms with Crippen LogP contribution >= 0.6 is 0 Å². The van der Waals surface area contributed by atoms with Crippen LogP contribution in [0.5, 0.6) is 0 Å². The summed E-state index contributed by atoms with van der Waals surface area (Å²) in [6.45, 7) is 1.25. The third-order valence-electron chi connectivity index (χ3n) is 2.30. The van der Waals surface area contributed by atoms with Gasteiger partial charge in [0.25, 0.3) is 0 Å². The van der Waals surface area contributed by atoms with Crippen molar-refractivity contribution in [2.75, 3.05) is 26.5 Å². The first-order valence-electron chi connectivity index (χ1n) is 4.53. The highest BCUT2D eigenvalue weighted by Crippen LogP contribution is 2.14. The first-order valence-corrected chi connectivity index (χ1v) is 6.38. The zero-order valence-electron chi connectivity index (χ0n) is 8.19. The monoisotopic (exact) mass is 207 g/mol. The van der Waals surface area contributed by atoms with E-state index in [0.717, 1.165) is 25.9 Å². The van der Waals surface area contributed by atoms with E-state index in [1.165, 1.54) is 10.6 Å². The van der Waals surface area contributed by atoms with E-state index in [1.54, 1.807) is 7.05 Å². The molecule has 0 aromatic heterocycles. The van der Waals surface area contributed by atoms with Crippen LogP contribution in [-0.4, -0.2) is 45.3 Å².